The van der Waals surface area contributed by atoms with Gasteiger partial charge in [0.15, 0.2) is 0 Å². The van der Waals surface area contributed by atoms with Gasteiger partial charge in [-0.05, 0) is 73.6 Å². The Bertz CT molecular complexity index is 1810. The first kappa shape index (κ1) is 26.4. The fourth-order valence-corrected chi connectivity index (χ4v) is 5.48. The average Bonchev–Trinajstić information content (AvgIpc) is 3.61. The normalized spacial score (nSPS) is 11.2. The molecule has 0 bridgehead atoms. The number of nitrogens with one attached hydrogen (secondary N) is 2. The number of benzene rings is 2. The molecule has 2 N–H and O–H groups in total. The number of aromatic nitrogens is 4. The summed E-state index contributed by atoms with van der Waals surface area (Å²) in [5.74, 6) is 0.446. The molecule has 6 rings (SSSR count). The van der Waals surface area contributed by atoms with Crippen molar-refractivity contribution in [3.05, 3.63) is 113 Å². The Balaban J connectivity index is 1.33. The van der Waals surface area contributed by atoms with Crippen LogP contribution >= 0.6 is 11.3 Å². The van der Waals surface area contributed by atoms with Crippen molar-refractivity contribution >= 4 is 40.1 Å². The van der Waals surface area contributed by atoms with Gasteiger partial charge in [-0.25, -0.2) is 14.5 Å². The molecule has 1 amide bonds. The summed E-state index contributed by atoms with van der Waals surface area (Å²) in [6.07, 6.45) is 4.02. The molecule has 0 aliphatic carbocycles. The SMILES string of the molecule is CN(C)Cc1cccc(Nc2nccc(-c3c(-c4cccc(NC(=O)Cc5cccs5)c4)nn4ccccc34)n2)c1. The van der Waals surface area contributed by atoms with Gasteiger partial charge in [-0.1, -0.05) is 36.4 Å². The molecule has 0 saturated carbocycles. The van der Waals surface area contributed by atoms with Crippen molar-refractivity contribution in [3.8, 4) is 22.5 Å². The Morgan fingerprint density at radius 2 is 1.83 bits per heavy atom. The van der Waals surface area contributed by atoms with E-state index in [9.17, 15) is 4.79 Å². The van der Waals surface area contributed by atoms with Gasteiger partial charge < -0.3 is 15.5 Å². The number of hydrogen-bond donors (Lipinski definition) is 2. The number of carbonyl (C=O) groups excluding carboxylic acids is 1. The van der Waals surface area contributed by atoms with E-state index in [-0.39, 0.29) is 5.91 Å². The van der Waals surface area contributed by atoms with Crippen LogP contribution in [-0.4, -0.2) is 44.5 Å². The maximum Gasteiger partial charge on any atom is 0.229 e. The number of pyridine rings is 1. The van der Waals surface area contributed by atoms with E-state index in [0.717, 1.165) is 50.8 Å². The molecular weight excluding hydrogens is 530 g/mol. The van der Waals surface area contributed by atoms with Crippen LogP contribution in [0.25, 0.3) is 28.0 Å². The molecule has 8 nitrogen and oxygen atoms in total. The molecule has 4 aromatic heterocycles. The third-order valence-corrected chi connectivity index (χ3v) is 7.34. The van der Waals surface area contributed by atoms with Gasteiger partial charge in [0.25, 0.3) is 0 Å². The van der Waals surface area contributed by atoms with Crippen LogP contribution in [0.1, 0.15) is 10.4 Å². The molecule has 0 aliphatic rings. The Hall–Kier alpha value is -4.86. The number of nitrogens with zero attached hydrogens (tertiary/aromatic N) is 5. The smallest absolute Gasteiger partial charge is 0.229 e. The summed E-state index contributed by atoms with van der Waals surface area (Å²) in [6.45, 7) is 0.843. The minimum atomic E-state index is -0.0546. The van der Waals surface area contributed by atoms with Crippen LogP contribution in [0.15, 0.2) is 103 Å². The van der Waals surface area contributed by atoms with Crippen LogP contribution < -0.4 is 10.6 Å². The number of thiophene rings is 1. The van der Waals surface area contributed by atoms with E-state index < -0.39 is 0 Å². The highest BCUT2D eigenvalue weighted by molar-refractivity contribution is 7.10. The zero-order valence-corrected chi connectivity index (χ0v) is 23.6. The molecule has 0 unspecified atom stereocenters. The predicted octanol–water partition coefficient (Wildman–Crippen LogP) is 6.51. The molecule has 0 saturated heterocycles. The first-order chi connectivity index (χ1) is 20.0. The summed E-state index contributed by atoms with van der Waals surface area (Å²) in [5.41, 5.74) is 7.04. The molecule has 9 heteroatoms. The molecule has 41 heavy (non-hydrogen) atoms. The summed E-state index contributed by atoms with van der Waals surface area (Å²) in [6, 6.07) is 27.8. The maximum atomic E-state index is 12.7. The lowest BCUT2D eigenvalue weighted by atomic mass is 10.0. The Labute approximate surface area is 242 Å². The Kier molecular flexibility index (Phi) is 7.53. The second-order valence-corrected chi connectivity index (χ2v) is 11.0. The van der Waals surface area contributed by atoms with Crippen LogP contribution in [0.2, 0.25) is 0 Å². The lowest BCUT2D eigenvalue weighted by Crippen LogP contribution is -2.13. The van der Waals surface area contributed by atoms with Gasteiger partial charge in [0.05, 0.1) is 23.2 Å². The molecule has 0 fully saturated rings. The second kappa shape index (κ2) is 11.7. The second-order valence-electron chi connectivity index (χ2n) is 9.97. The fraction of sp³-hybridized carbons (Fsp3) is 0.125. The lowest BCUT2D eigenvalue weighted by Gasteiger charge is -2.12. The van der Waals surface area contributed by atoms with Gasteiger partial charge in [0.2, 0.25) is 11.9 Å². The third kappa shape index (κ3) is 6.16. The van der Waals surface area contributed by atoms with Crippen molar-refractivity contribution < 1.29 is 4.79 Å². The topological polar surface area (TPSA) is 87.5 Å². The van der Waals surface area contributed by atoms with Gasteiger partial charge in [-0.3, -0.25) is 4.79 Å². The summed E-state index contributed by atoms with van der Waals surface area (Å²) in [5, 5.41) is 13.3. The number of carbonyl (C=O) groups is 1. The minimum absolute atomic E-state index is 0.0546. The highest BCUT2D eigenvalue weighted by Gasteiger charge is 2.19. The molecule has 6 aromatic rings. The van der Waals surface area contributed by atoms with Gasteiger partial charge >= 0.3 is 0 Å². The Morgan fingerprint density at radius 1 is 0.951 bits per heavy atom. The highest BCUT2D eigenvalue weighted by atomic mass is 32.1. The zero-order valence-electron chi connectivity index (χ0n) is 22.8. The highest BCUT2D eigenvalue weighted by Crippen LogP contribution is 2.35. The number of fused-ring (bicyclic) bond motifs is 1. The first-order valence-corrected chi connectivity index (χ1v) is 14.1. The van der Waals surface area contributed by atoms with Gasteiger partial charge in [0, 0.05) is 40.8 Å². The van der Waals surface area contributed by atoms with Gasteiger partial charge in [-0.2, -0.15) is 5.10 Å². The monoisotopic (exact) mass is 559 g/mol. The van der Waals surface area contributed by atoms with Crippen molar-refractivity contribution in [1.82, 2.24) is 24.5 Å². The van der Waals surface area contributed by atoms with Crippen LogP contribution in [0, 0.1) is 0 Å². The zero-order chi connectivity index (χ0) is 28.2. The minimum Gasteiger partial charge on any atom is -0.326 e. The summed E-state index contributed by atoms with van der Waals surface area (Å²) < 4.78 is 1.85. The fourth-order valence-electron chi connectivity index (χ4n) is 4.77. The van der Waals surface area contributed by atoms with E-state index in [1.807, 2.05) is 88.9 Å². The van der Waals surface area contributed by atoms with E-state index in [1.54, 1.807) is 17.5 Å². The Morgan fingerprint density at radius 3 is 2.68 bits per heavy atom. The first-order valence-electron chi connectivity index (χ1n) is 13.3. The van der Waals surface area contributed by atoms with Crippen molar-refractivity contribution in [2.45, 2.75) is 13.0 Å². The summed E-state index contributed by atoms with van der Waals surface area (Å²) >= 11 is 1.58. The van der Waals surface area contributed by atoms with Crippen LogP contribution in [-0.2, 0) is 17.8 Å². The average molecular weight is 560 g/mol. The molecule has 0 spiro atoms. The van der Waals surface area contributed by atoms with Crippen molar-refractivity contribution in [2.24, 2.45) is 0 Å². The number of anilines is 3. The maximum absolute atomic E-state index is 12.7. The van der Waals surface area contributed by atoms with Gasteiger partial charge in [-0.15, -0.1) is 11.3 Å². The van der Waals surface area contributed by atoms with Crippen LogP contribution in [0.5, 0.6) is 0 Å². The van der Waals surface area contributed by atoms with Crippen molar-refractivity contribution in [2.75, 3.05) is 24.7 Å². The number of amides is 1. The molecule has 0 atom stereocenters. The molecule has 0 aliphatic heterocycles. The molecule has 2 aromatic carbocycles. The predicted molar refractivity (Wildman–Crippen MR) is 165 cm³/mol. The largest absolute Gasteiger partial charge is 0.326 e. The number of hydrogen-bond acceptors (Lipinski definition) is 7. The standard InChI is InChI=1S/C32H29N7OS/c1-38(2)21-22-8-5-10-24(18-22)35-32-33-15-14-27(36-32)30-28-13-3-4-16-39(28)37-31(30)23-9-6-11-25(19-23)34-29(40)20-26-12-7-17-41-26/h3-19H,20-21H2,1-2H3,(H,34,40)(H,33,35,36). The van der Waals surface area contributed by atoms with E-state index in [2.05, 4.69) is 46.7 Å². The van der Waals surface area contributed by atoms with E-state index >= 15 is 0 Å². The van der Waals surface area contributed by atoms with Crippen molar-refractivity contribution in [3.63, 3.8) is 0 Å². The quantitative estimate of drug-likeness (QED) is 0.210. The van der Waals surface area contributed by atoms with E-state index in [4.69, 9.17) is 10.1 Å². The molecular formula is C32H29N7OS. The van der Waals surface area contributed by atoms with E-state index in [0.29, 0.717) is 12.4 Å². The van der Waals surface area contributed by atoms with E-state index in [1.165, 1.54) is 5.56 Å². The van der Waals surface area contributed by atoms with Crippen molar-refractivity contribution in [1.29, 1.82) is 0 Å². The summed E-state index contributed by atoms with van der Waals surface area (Å²) in [4.78, 5) is 25.2. The van der Waals surface area contributed by atoms with Crippen LogP contribution in [0.4, 0.5) is 17.3 Å². The third-order valence-electron chi connectivity index (χ3n) is 6.47. The summed E-state index contributed by atoms with van der Waals surface area (Å²) in [7, 11) is 4.10. The molecule has 4 heterocycles. The van der Waals surface area contributed by atoms with Crippen LogP contribution in [0.3, 0.4) is 0 Å². The number of rotatable bonds is 9. The molecule has 0 radical (unpaired) electrons. The molecule has 204 valence electrons. The van der Waals surface area contributed by atoms with Gasteiger partial charge in [0.1, 0.15) is 5.69 Å². The lowest BCUT2D eigenvalue weighted by molar-refractivity contribution is -0.115.